The Balaban J connectivity index is 1.04. The fraction of sp³-hybridized carbons (Fsp3) is 0.444. The van der Waals surface area contributed by atoms with Gasteiger partial charge in [0.15, 0.2) is 0 Å². The van der Waals surface area contributed by atoms with Crippen LogP contribution >= 0.6 is 0 Å². The molecule has 0 bridgehead atoms. The molecule has 4 aliphatic rings. The third-order valence-electron chi connectivity index (χ3n) is 10.2. The number of carbonyl (C=O) groups is 2. The van der Waals surface area contributed by atoms with E-state index < -0.39 is 5.41 Å². The number of anilines is 1. The number of piperazine rings is 1. The molecule has 2 aliphatic carbocycles. The maximum atomic E-state index is 13.8. The molecule has 0 aromatic heterocycles. The van der Waals surface area contributed by atoms with Gasteiger partial charge in [-0.05, 0) is 66.1 Å². The number of rotatable bonds is 7. The summed E-state index contributed by atoms with van der Waals surface area (Å²) in [6, 6.07) is 23.6. The first-order valence-corrected chi connectivity index (χ1v) is 15.9. The predicted molar refractivity (Wildman–Crippen MR) is 166 cm³/mol. The van der Waals surface area contributed by atoms with Crippen LogP contribution in [0, 0.1) is 0 Å². The summed E-state index contributed by atoms with van der Waals surface area (Å²) in [5, 5.41) is 0. The van der Waals surface area contributed by atoms with Gasteiger partial charge < -0.3 is 14.5 Å². The van der Waals surface area contributed by atoms with E-state index in [4.69, 9.17) is 4.74 Å². The van der Waals surface area contributed by atoms with Crippen molar-refractivity contribution in [2.75, 3.05) is 44.2 Å². The molecule has 0 spiro atoms. The van der Waals surface area contributed by atoms with Crippen molar-refractivity contribution >= 4 is 17.6 Å². The number of nitrogens with zero attached hydrogens (tertiary/aromatic N) is 3. The third-order valence-corrected chi connectivity index (χ3v) is 10.2. The van der Waals surface area contributed by atoms with Crippen molar-refractivity contribution in [3.05, 3.63) is 89.0 Å². The van der Waals surface area contributed by atoms with Gasteiger partial charge in [0.1, 0.15) is 5.41 Å². The molecule has 3 aromatic rings. The lowest BCUT2D eigenvalue weighted by molar-refractivity contribution is -0.148. The predicted octanol–water partition coefficient (Wildman–Crippen LogP) is 6.02. The summed E-state index contributed by atoms with van der Waals surface area (Å²) in [6.45, 7) is 7.47. The average Bonchev–Trinajstić information content (AvgIpc) is 3.53. The molecule has 42 heavy (non-hydrogen) atoms. The molecule has 218 valence electrons. The Hall–Kier alpha value is -3.64. The second-order valence-corrected chi connectivity index (χ2v) is 12.4. The Morgan fingerprint density at radius 1 is 0.857 bits per heavy atom. The van der Waals surface area contributed by atoms with E-state index in [1.54, 1.807) is 0 Å². The molecule has 1 saturated carbocycles. The number of benzene rings is 3. The number of fused-ring (bicyclic) bond motifs is 4. The van der Waals surface area contributed by atoms with Gasteiger partial charge in [-0.2, -0.15) is 0 Å². The lowest BCUT2D eigenvalue weighted by Gasteiger charge is -2.38. The first-order valence-electron chi connectivity index (χ1n) is 15.9. The van der Waals surface area contributed by atoms with E-state index in [1.807, 2.05) is 19.1 Å². The van der Waals surface area contributed by atoms with Gasteiger partial charge >= 0.3 is 5.97 Å². The van der Waals surface area contributed by atoms with Crippen LogP contribution in [0.15, 0.2) is 66.7 Å². The van der Waals surface area contributed by atoms with Gasteiger partial charge in [-0.25, -0.2) is 0 Å². The topological polar surface area (TPSA) is 53.1 Å². The molecule has 1 amide bonds. The second-order valence-electron chi connectivity index (χ2n) is 12.4. The molecule has 6 nitrogen and oxygen atoms in total. The summed E-state index contributed by atoms with van der Waals surface area (Å²) in [6.07, 6.45) is 6.74. The van der Waals surface area contributed by atoms with Gasteiger partial charge in [0.05, 0.1) is 6.61 Å². The van der Waals surface area contributed by atoms with Crippen LogP contribution in [0.25, 0.3) is 11.1 Å². The highest BCUT2D eigenvalue weighted by Crippen LogP contribution is 2.51. The van der Waals surface area contributed by atoms with Crippen LogP contribution in [0.1, 0.15) is 72.5 Å². The molecule has 0 unspecified atom stereocenters. The number of hydrogen-bond acceptors (Lipinski definition) is 5. The van der Waals surface area contributed by atoms with Crippen molar-refractivity contribution < 1.29 is 14.3 Å². The molecule has 0 N–H and O–H groups in total. The van der Waals surface area contributed by atoms with Gasteiger partial charge in [0, 0.05) is 56.6 Å². The lowest BCUT2D eigenvalue weighted by atomic mass is 9.75. The van der Waals surface area contributed by atoms with Crippen LogP contribution in [-0.2, 0) is 21.5 Å². The van der Waals surface area contributed by atoms with Crippen LogP contribution in [-0.4, -0.2) is 67.0 Å². The van der Waals surface area contributed by atoms with Crippen molar-refractivity contribution in [3.63, 3.8) is 0 Å². The first kappa shape index (κ1) is 27.2. The summed E-state index contributed by atoms with van der Waals surface area (Å²) in [5.41, 5.74) is 6.84. The standard InChI is InChI=1S/C36H41N3O3/c1-2-42-35(41)36(32-14-8-6-12-29(32)30-13-7-9-15-33(30)36)18-19-37-20-22-38(23-21-37)28-17-16-26-25-39(34(40)31(26)24-28)27-10-4-3-5-11-27/h6-9,12-17,24,27H,2-5,10-11,18-23,25H2,1H3. The number of amides is 1. The first-order chi connectivity index (χ1) is 20.6. The molecule has 2 aliphatic heterocycles. The molecule has 2 heterocycles. The number of carbonyl (C=O) groups excluding carboxylic acids is 2. The quantitative estimate of drug-likeness (QED) is 0.329. The molecule has 2 fully saturated rings. The van der Waals surface area contributed by atoms with E-state index in [0.29, 0.717) is 19.1 Å². The van der Waals surface area contributed by atoms with E-state index >= 15 is 0 Å². The molecular weight excluding hydrogens is 522 g/mol. The van der Waals surface area contributed by atoms with Crippen molar-refractivity contribution in [1.29, 1.82) is 0 Å². The van der Waals surface area contributed by atoms with Gasteiger partial charge in [-0.1, -0.05) is 73.9 Å². The van der Waals surface area contributed by atoms with Crippen LogP contribution < -0.4 is 4.90 Å². The van der Waals surface area contributed by atoms with Crippen molar-refractivity contribution in [3.8, 4) is 11.1 Å². The minimum absolute atomic E-state index is 0.147. The van der Waals surface area contributed by atoms with Crippen molar-refractivity contribution in [1.82, 2.24) is 9.80 Å². The summed E-state index contributed by atoms with van der Waals surface area (Å²) in [4.78, 5) is 34.1. The third kappa shape index (κ3) is 4.51. The average molecular weight is 564 g/mol. The Bertz CT molecular complexity index is 1440. The normalized spacial score (nSPS) is 19.9. The maximum absolute atomic E-state index is 13.8. The molecular formula is C36H41N3O3. The zero-order valence-electron chi connectivity index (χ0n) is 24.7. The minimum Gasteiger partial charge on any atom is -0.465 e. The second kappa shape index (κ2) is 11.2. The highest BCUT2D eigenvalue weighted by atomic mass is 16.5. The Labute approximate surface area is 249 Å². The smallest absolute Gasteiger partial charge is 0.321 e. The van der Waals surface area contributed by atoms with Gasteiger partial charge in [0.2, 0.25) is 0 Å². The zero-order chi connectivity index (χ0) is 28.7. The fourth-order valence-electron chi connectivity index (χ4n) is 7.92. The summed E-state index contributed by atoms with van der Waals surface area (Å²) >= 11 is 0. The minimum atomic E-state index is -0.787. The van der Waals surface area contributed by atoms with E-state index in [2.05, 4.69) is 69.3 Å². The van der Waals surface area contributed by atoms with Crippen molar-refractivity contribution in [2.45, 2.75) is 63.5 Å². The van der Waals surface area contributed by atoms with Crippen molar-refractivity contribution in [2.24, 2.45) is 0 Å². The van der Waals surface area contributed by atoms with E-state index in [0.717, 1.165) is 85.6 Å². The zero-order valence-corrected chi connectivity index (χ0v) is 24.7. The fourth-order valence-corrected chi connectivity index (χ4v) is 7.92. The Kier molecular flexibility index (Phi) is 7.27. The summed E-state index contributed by atoms with van der Waals surface area (Å²) in [5.74, 6) is 0.0740. The summed E-state index contributed by atoms with van der Waals surface area (Å²) < 4.78 is 5.75. The number of ether oxygens (including phenoxy) is 1. The molecule has 7 rings (SSSR count). The van der Waals surface area contributed by atoms with Gasteiger partial charge in [-0.15, -0.1) is 0 Å². The number of esters is 1. The van der Waals surface area contributed by atoms with Crippen LogP contribution in [0.5, 0.6) is 0 Å². The molecule has 1 saturated heterocycles. The van der Waals surface area contributed by atoms with E-state index in [-0.39, 0.29) is 11.9 Å². The van der Waals surface area contributed by atoms with Gasteiger partial charge in [-0.3, -0.25) is 14.5 Å². The number of hydrogen-bond donors (Lipinski definition) is 0. The molecule has 6 heteroatoms. The molecule has 3 aromatic carbocycles. The lowest BCUT2D eigenvalue weighted by Crippen LogP contribution is -2.48. The maximum Gasteiger partial charge on any atom is 0.321 e. The largest absolute Gasteiger partial charge is 0.465 e. The van der Waals surface area contributed by atoms with Crippen LogP contribution in [0.3, 0.4) is 0 Å². The Morgan fingerprint density at radius 2 is 1.52 bits per heavy atom. The molecule has 0 atom stereocenters. The summed E-state index contributed by atoms with van der Waals surface area (Å²) in [7, 11) is 0. The van der Waals surface area contributed by atoms with E-state index in [9.17, 15) is 9.59 Å². The highest BCUT2D eigenvalue weighted by molar-refractivity contribution is 6.00. The SMILES string of the molecule is CCOC(=O)C1(CCN2CCN(c3ccc4c(c3)C(=O)N(C3CCCCC3)C4)CC2)c2ccccc2-c2ccccc21. The molecule has 0 radical (unpaired) electrons. The highest BCUT2D eigenvalue weighted by Gasteiger charge is 2.50. The van der Waals surface area contributed by atoms with Gasteiger partial charge in [0.25, 0.3) is 5.91 Å². The van der Waals surface area contributed by atoms with Crippen LogP contribution in [0.2, 0.25) is 0 Å². The van der Waals surface area contributed by atoms with Crippen LogP contribution in [0.4, 0.5) is 5.69 Å². The Morgan fingerprint density at radius 3 is 2.19 bits per heavy atom. The monoisotopic (exact) mass is 563 g/mol. The van der Waals surface area contributed by atoms with E-state index in [1.165, 1.54) is 24.8 Å².